The van der Waals surface area contributed by atoms with Crippen molar-refractivity contribution in [2.45, 2.75) is 66.2 Å². The van der Waals surface area contributed by atoms with Gasteiger partial charge in [-0.3, -0.25) is 0 Å². The van der Waals surface area contributed by atoms with Crippen molar-refractivity contribution in [3.8, 4) is 12.1 Å². The summed E-state index contributed by atoms with van der Waals surface area (Å²) in [6, 6.07) is 4.25. The number of rotatable bonds is 13. The molecule has 134 valence electrons. The van der Waals surface area contributed by atoms with Crippen LogP contribution in [-0.4, -0.2) is 13.1 Å². The molecule has 0 aromatic heterocycles. The predicted octanol–water partition coefficient (Wildman–Crippen LogP) is 4.63. The van der Waals surface area contributed by atoms with Crippen LogP contribution in [0.3, 0.4) is 0 Å². The summed E-state index contributed by atoms with van der Waals surface area (Å²) in [5.41, 5.74) is 2.11. The van der Waals surface area contributed by atoms with Gasteiger partial charge in [0.25, 0.3) is 0 Å². The van der Waals surface area contributed by atoms with Crippen molar-refractivity contribution in [3.63, 3.8) is 0 Å². The maximum absolute atomic E-state index is 8.82. The van der Waals surface area contributed by atoms with E-state index in [1.807, 2.05) is 0 Å². The van der Waals surface area contributed by atoms with Crippen molar-refractivity contribution < 1.29 is 0 Å². The fraction of sp³-hybridized carbons (Fsp3) is 0.700. The number of hydrogen-bond acceptors (Lipinski definition) is 4. The van der Waals surface area contributed by atoms with E-state index < -0.39 is 0 Å². The van der Waals surface area contributed by atoms with E-state index in [1.54, 1.807) is 12.2 Å². The molecule has 24 heavy (non-hydrogen) atoms. The van der Waals surface area contributed by atoms with Gasteiger partial charge in [0, 0.05) is 36.6 Å². The molecule has 0 heterocycles. The van der Waals surface area contributed by atoms with Crippen molar-refractivity contribution in [1.29, 1.82) is 10.5 Å². The van der Waals surface area contributed by atoms with Crippen LogP contribution < -0.4 is 10.6 Å². The summed E-state index contributed by atoms with van der Waals surface area (Å²) < 4.78 is 0. The average Bonchev–Trinajstić information content (AvgIpc) is 2.60. The largest absolute Gasteiger partial charge is 0.388 e. The second kappa shape index (κ2) is 14.6. The van der Waals surface area contributed by atoms with Gasteiger partial charge in [-0.2, -0.15) is 10.5 Å². The third-order valence-electron chi connectivity index (χ3n) is 4.49. The molecule has 0 saturated carbocycles. The van der Waals surface area contributed by atoms with Gasteiger partial charge in [-0.25, -0.2) is 0 Å². The highest BCUT2D eigenvalue weighted by atomic mass is 14.9. The van der Waals surface area contributed by atoms with E-state index in [2.05, 4.69) is 50.5 Å². The van der Waals surface area contributed by atoms with Crippen molar-refractivity contribution in [3.05, 3.63) is 23.5 Å². The van der Waals surface area contributed by atoms with Crippen LogP contribution in [0.1, 0.15) is 66.2 Å². The Hall–Kier alpha value is -1.94. The van der Waals surface area contributed by atoms with Crippen LogP contribution in [0.5, 0.6) is 0 Å². The fourth-order valence-corrected chi connectivity index (χ4v) is 2.38. The Bertz CT molecular complexity index is 421. The molecule has 0 amide bonds. The molecule has 0 aliphatic heterocycles. The van der Waals surface area contributed by atoms with Gasteiger partial charge >= 0.3 is 0 Å². The molecule has 0 spiro atoms. The van der Waals surface area contributed by atoms with Crippen molar-refractivity contribution in [1.82, 2.24) is 10.6 Å². The zero-order chi connectivity index (χ0) is 18.2. The van der Waals surface area contributed by atoms with E-state index in [-0.39, 0.29) is 0 Å². The number of allylic oxidation sites excluding steroid dienone is 4. The smallest absolute Gasteiger partial charge is 0.0930 e. The van der Waals surface area contributed by atoms with Crippen LogP contribution in [0, 0.1) is 34.5 Å². The fourth-order valence-electron chi connectivity index (χ4n) is 2.38. The lowest BCUT2D eigenvalue weighted by atomic mass is 10.0. The first-order chi connectivity index (χ1) is 11.6. The van der Waals surface area contributed by atoms with Crippen LogP contribution in [-0.2, 0) is 0 Å². The number of hydrogen-bond donors (Lipinski definition) is 2. The minimum absolute atomic E-state index is 0.416. The monoisotopic (exact) mass is 330 g/mol. The summed E-state index contributed by atoms with van der Waals surface area (Å²) >= 11 is 0. The normalized spacial score (nSPS) is 14.4. The van der Waals surface area contributed by atoms with Crippen LogP contribution >= 0.6 is 0 Å². The van der Waals surface area contributed by atoms with Crippen molar-refractivity contribution in [2.24, 2.45) is 11.8 Å². The van der Waals surface area contributed by atoms with Gasteiger partial charge in [0.2, 0.25) is 0 Å². The first-order valence-electron chi connectivity index (χ1n) is 9.27. The molecule has 0 saturated heterocycles. The number of nitrogens with one attached hydrogen (secondary N) is 2. The van der Waals surface area contributed by atoms with Crippen LogP contribution in [0.15, 0.2) is 23.5 Å². The highest BCUT2D eigenvalue weighted by Crippen LogP contribution is 2.12. The zero-order valence-electron chi connectivity index (χ0n) is 15.9. The molecule has 0 bridgehead atoms. The Morgan fingerprint density at radius 2 is 1.17 bits per heavy atom. The topological polar surface area (TPSA) is 71.6 Å². The molecular formula is C20H34N4. The molecule has 0 aliphatic carbocycles. The van der Waals surface area contributed by atoms with E-state index in [0.717, 1.165) is 50.2 Å². The molecule has 0 fully saturated rings. The summed E-state index contributed by atoms with van der Waals surface area (Å²) in [4.78, 5) is 0. The standard InChI is InChI=1S/C20H34N4/c1-5-17(3)19(11-13-21)23-15-9-7-8-10-16-24-20(12-14-22)18(4)6-2/h11-12,17-18,23-24H,5-10,15-16H2,1-4H3. The zero-order valence-corrected chi connectivity index (χ0v) is 15.9. The van der Waals surface area contributed by atoms with Gasteiger partial charge in [0.05, 0.1) is 12.1 Å². The lowest BCUT2D eigenvalue weighted by Gasteiger charge is -2.16. The Balaban J connectivity index is 3.85. The molecular weight excluding hydrogens is 296 g/mol. The Morgan fingerprint density at radius 1 is 0.792 bits per heavy atom. The van der Waals surface area contributed by atoms with E-state index in [0.29, 0.717) is 11.8 Å². The van der Waals surface area contributed by atoms with Crippen LogP contribution in [0.4, 0.5) is 0 Å². The quantitative estimate of drug-likeness (QED) is 0.381. The highest BCUT2D eigenvalue weighted by molar-refractivity contribution is 5.14. The Kier molecular flexibility index (Phi) is 13.5. The van der Waals surface area contributed by atoms with Gasteiger partial charge in [-0.1, -0.05) is 40.5 Å². The minimum atomic E-state index is 0.416. The predicted molar refractivity (Wildman–Crippen MR) is 101 cm³/mol. The van der Waals surface area contributed by atoms with Crippen LogP contribution in [0.2, 0.25) is 0 Å². The molecule has 2 atom stereocenters. The average molecular weight is 331 g/mol. The molecule has 0 aromatic rings. The Morgan fingerprint density at radius 3 is 1.46 bits per heavy atom. The van der Waals surface area contributed by atoms with Crippen molar-refractivity contribution >= 4 is 0 Å². The maximum Gasteiger partial charge on any atom is 0.0930 e. The second-order valence-corrected chi connectivity index (χ2v) is 6.34. The number of unbranched alkanes of at least 4 members (excludes halogenated alkanes) is 3. The van der Waals surface area contributed by atoms with E-state index in [9.17, 15) is 0 Å². The molecule has 0 aromatic carbocycles. The molecule has 2 unspecified atom stereocenters. The molecule has 0 radical (unpaired) electrons. The molecule has 2 N–H and O–H groups in total. The first kappa shape index (κ1) is 22.1. The van der Waals surface area contributed by atoms with E-state index >= 15 is 0 Å². The lowest BCUT2D eigenvalue weighted by Crippen LogP contribution is -2.20. The van der Waals surface area contributed by atoms with Crippen molar-refractivity contribution in [2.75, 3.05) is 13.1 Å². The van der Waals surface area contributed by atoms with E-state index in [1.165, 1.54) is 12.8 Å². The summed E-state index contributed by atoms with van der Waals surface area (Å²) in [7, 11) is 0. The van der Waals surface area contributed by atoms with Gasteiger partial charge < -0.3 is 10.6 Å². The molecule has 0 rings (SSSR count). The number of nitrogens with zero attached hydrogens (tertiary/aromatic N) is 2. The first-order valence-corrected chi connectivity index (χ1v) is 9.27. The maximum atomic E-state index is 8.82. The lowest BCUT2D eigenvalue weighted by molar-refractivity contribution is 0.542. The van der Waals surface area contributed by atoms with Gasteiger partial charge in [0.15, 0.2) is 0 Å². The highest BCUT2D eigenvalue weighted by Gasteiger charge is 2.06. The van der Waals surface area contributed by atoms with Gasteiger partial charge in [-0.05, 0) is 37.5 Å². The van der Waals surface area contributed by atoms with Gasteiger partial charge in [0.1, 0.15) is 0 Å². The second-order valence-electron chi connectivity index (χ2n) is 6.34. The van der Waals surface area contributed by atoms with E-state index in [4.69, 9.17) is 10.5 Å². The summed E-state index contributed by atoms with van der Waals surface area (Å²) in [5.74, 6) is 0.833. The van der Waals surface area contributed by atoms with Crippen LogP contribution in [0.25, 0.3) is 0 Å². The summed E-state index contributed by atoms with van der Waals surface area (Å²) in [6.07, 6.45) is 9.94. The molecule has 4 heteroatoms. The Labute approximate surface area is 148 Å². The third kappa shape index (κ3) is 9.95. The summed E-state index contributed by atoms with van der Waals surface area (Å²) in [6.45, 7) is 10.4. The minimum Gasteiger partial charge on any atom is -0.388 e. The SMILES string of the molecule is CCC(C)C(=CC#N)NCCCCCCNC(=CC#N)C(C)CC. The summed E-state index contributed by atoms with van der Waals surface area (Å²) in [5, 5.41) is 24.4. The number of nitriles is 2. The molecule has 4 nitrogen and oxygen atoms in total. The van der Waals surface area contributed by atoms with Gasteiger partial charge in [-0.15, -0.1) is 0 Å². The molecule has 0 aliphatic rings. The third-order valence-corrected chi connectivity index (χ3v) is 4.49.